The monoisotopic (exact) mass is 277 g/mol. The number of hydrogen-bond acceptors (Lipinski definition) is 3. The van der Waals surface area contributed by atoms with Gasteiger partial charge in [-0.15, -0.1) is 0 Å². The molecule has 0 spiro atoms. The smallest absolute Gasteiger partial charge is 0.228 e. The standard InChI is InChI=1S/C16H23NO3/c1-13(16(19)17-9-11-20-12-10-17)15(18)8-7-14-5-3-2-4-6-14/h2-6,13,15,18H,7-12H2,1H3. The lowest BCUT2D eigenvalue weighted by molar-refractivity contribution is -0.142. The van der Waals surface area contributed by atoms with Crippen molar-refractivity contribution in [1.29, 1.82) is 0 Å². The molecule has 0 aromatic heterocycles. The molecule has 1 heterocycles. The van der Waals surface area contributed by atoms with E-state index < -0.39 is 6.10 Å². The van der Waals surface area contributed by atoms with Crippen LogP contribution in [0.4, 0.5) is 0 Å². The summed E-state index contributed by atoms with van der Waals surface area (Å²) in [7, 11) is 0. The molecule has 1 aromatic carbocycles. The highest BCUT2D eigenvalue weighted by molar-refractivity contribution is 5.79. The van der Waals surface area contributed by atoms with E-state index in [1.54, 1.807) is 4.90 Å². The molecule has 2 rings (SSSR count). The summed E-state index contributed by atoms with van der Waals surface area (Å²) in [5, 5.41) is 10.2. The summed E-state index contributed by atoms with van der Waals surface area (Å²) in [5.74, 6) is -0.314. The number of nitrogens with zero attached hydrogens (tertiary/aromatic N) is 1. The topological polar surface area (TPSA) is 49.8 Å². The zero-order valence-electron chi connectivity index (χ0n) is 12.0. The molecule has 2 atom stereocenters. The van der Waals surface area contributed by atoms with Crippen molar-refractivity contribution in [2.75, 3.05) is 26.3 Å². The molecule has 1 aliphatic rings. The molecule has 2 unspecified atom stereocenters. The third kappa shape index (κ3) is 4.05. The van der Waals surface area contributed by atoms with Gasteiger partial charge in [-0.2, -0.15) is 0 Å². The molecule has 110 valence electrons. The van der Waals surface area contributed by atoms with E-state index in [0.717, 1.165) is 6.42 Å². The first-order chi connectivity index (χ1) is 9.68. The van der Waals surface area contributed by atoms with Crippen LogP contribution >= 0.6 is 0 Å². The van der Waals surface area contributed by atoms with Crippen LogP contribution in [0.2, 0.25) is 0 Å². The summed E-state index contributed by atoms with van der Waals surface area (Å²) in [5.41, 5.74) is 1.19. The molecule has 4 heteroatoms. The molecule has 1 amide bonds. The van der Waals surface area contributed by atoms with Crippen molar-refractivity contribution in [1.82, 2.24) is 4.90 Å². The van der Waals surface area contributed by atoms with Gasteiger partial charge in [0.2, 0.25) is 5.91 Å². The van der Waals surface area contributed by atoms with Crippen LogP contribution in [-0.4, -0.2) is 48.3 Å². The van der Waals surface area contributed by atoms with Gasteiger partial charge in [0.05, 0.1) is 25.2 Å². The Morgan fingerprint density at radius 3 is 2.60 bits per heavy atom. The van der Waals surface area contributed by atoms with Gasteiger partial charge in [0.15, 0.2) is 0 Å². The first kappa shape index (κ1) is 15.0. The van der Waals surface area contributed by atoms with Crippen molar-refractivity contribution >= 4 is 5.91 Å². The summed E-state index contributed by atoms with van der Waals surface area (Å²) in [6.45, 7) is 4.27. The Labute approximate surface area is 120 Å². The Morgan fingerprint density at radius 2 is 1.95 bits per heavy atom. The Morgan fingerprint density at radius 1 is 1.30 bits per heavy atom. The van der Waals surface area contributed by atoms with Gasteiger partial charge in [-0.25, -0.2) is 0 Å². The number of aliphatic hydroxyl groups excluding tert-OH is 1. The number of ether oxygens (including phenoxy) is 1. The first-order valence-electron chi connectivity index (χ1n) is 7.27. The highest BCUT2D eigenvalue weighted by atomic mass is 16.5. The molecule has 0 aliphatic carbocycles. The van der Waals surface area contributed by atoms with Crippen LogP contribution in [0.1, 0.15) is 18.9 Å². The molecule has 1 N–H and O–H groups in total. The molecule has 4 nitrogen and oxygen atoms in total. The fourth-order valence-electron chi connectivity index (χ4n) is 2.45. The summed E-state index contributed by atoms with van der Waals surface area (Å²) in [6.07, 6.45) is 0.815. The highest BCUT2D eigenvalue weighted by Crippen LogP contribution is 2.15. The van der Waals surface area contributed by atoms with Crippen molar-refractivity contribution in [3.63, 3.8) is 0 Å². The Balaban J connectivity index is 1.81. The predicted molar refractivity (Wildman–Crippen MR) is 77.3 cm³/mol. The number of benzene rings is 1. The maximum absolute atomic E-state index is 12.3. The van der Waals surface area contributed by atoms with E-state index >= 15 is 0 Å². The fourth-order valence-corrected chi connectivity index (χ4v) is 2.45. The lowest BCUT2D eigenvalue weighted by atomic mass is 9.96. The molecule has 0 radical (unpaired) electrons. The number of morpholine rings is 1. The van der Waals surface area contributed by atoms with Gasteiger partial charge in [0.1, 0.15) is 0 Å². The van der Waals surface area contributed by atoms with Crippen molar-refractivity contribution in [3.05, 3.63) is 35.9 Å². The van der Waals surface area contributed by atoms with Crippen LogP contribution in [-0.2, 0) is 16.0 Å². The van der Waals surface area contributed by atoms with E-state index in [9.17, 15) is 9.90 Å². The number of carbonyl (C=O) groups excluding carboxylic acids is 1. The molecule has 1 fully saturated rings. The van der Waals surface area contributed by atoms with E-state index in [-0.39, 0.29) is 11.8 Å². The second-order valence-corrected chi connectivity index (χ2v) is 5.32. The Kier molecular flexibility index (Phi) is 5.56. The van der Waals surface area contributed by atoms with E-state index in [1.165, 1.54) is 5.56 Å². The second kappa shape index (κ2) is 7.41. The number of aliphatic hydroxyl groups is 1. The highest BCUT2D eigenvalue weighted by Gasteiger charge is 2.27. The summed E-state index contributed by atoms with van der Waals surface area (Å²) >= 11 is 0. The van der Waals surface area contributed by atoms with Crippen molar-refractivity contribution in [3.8, 4) is 0 Å². The van der Waals surface area contributed by atoms with Gasteiger partial charge < -0.3 is 14.7 Å². The normalized spacial score (nSPS) is 18.6. The van der Waals surface area contributed by atoms with E-state index in [0.29, 0.717) is 32.7 Å². The van der Waals surface area contributed by atoms with Gasteiger partial charge in [0.25, 0.3) is 0 Å². The van der Waals surface area contributed by atoms with Gasteiger partial charge in [0, 0.05) is 13.1 Å². The van der Waals surface area contributed by atoms with Crippen LogP contribution in [0.5, 0.6) is 0 Å². The lowest BCUT2D eigenvalue weighted by Crippen LogP contribution is -2.45. The van der Waals surface area contributed by atoms with Crippen LogP contribution in [0.15, 0.2) is 30.3 Å². The molecule has 1 aliphatic heterocycles. The quantitative estimate of drug-likeness (QED) is 0.887. The molecule has 0 saturated carbocycles. The third-order valence-electron chi connectivity index (χ3n) is 3.86. The number of aryl methyl sites for hydroxylation is 1. The zero-order valence-corrected chi connectivity index (χ0v) is 12.0. The lowest BCUT2D eigenvalue weighted by Gasteiger charge is -2.30. The van der Waals surface area contributed by atoms with Gasteiger partial charge in [-0.05, 0) is 18.4 Å². The summed E-state index contributed by atoms with van der Waals surface area (Å²) < 4.78 is 5.24. The SMILES string of the molecule is CC(C(=O)N1CCOCC1)C(O)CCc1ccccc1. The Bertz CT molecular complexity index is 415. The van der Waals surface area contributed by atoms with E-state index in [4.69, 9.17) is 4.74 Å². The van der Waals surface area contributed by atoms with Gasteiger partial charge in [-0.3, -0.25) is 4.79 Å². The minimum atomic E-state index is -0.592. The average molecular weight is 277 g/mol. The maximum atomic E-state index is 12.3. The maximum Gasteiger partial charge on any atom is 0.228 e. The fraction of sp³-hybridized carbons (Fsp3) is 0.562. The largest absolute Gasteiger partial charge is 0.392 e. The van der Waals surface area contributed by atoms with Crippen LogP contribution in [0.25, 0.3) is 0 Å². The molecular formula is C16H23NO3. The molecule has 0 bridgehead atoms. The van der Waals surface area contributed by atoms with Crippen molar-refractivity contribution in [2.45, 2.75) is 25.9 Å². The van der Waals surface area contributed by atoms with Crippen molar-refractivity contribution in [2.24, 2.45) is 5.92 Å². The number of carbonyl (C=O) groups is 1. The summed E-state index contributed by atoms with van der Waals surface area (Å²) in [4.78, 5) is 14.1. The van der Waals surface area contributed by atoms with Crippen LogP contribution in [0, 0.1) is 5.92 Å². The predicted octanol–water partition coefficient (Wildman–Crippen LogP) is 1.47. The van der Waals surface area contributed by atoms with Crippen molar-refractivity contribution < 1.29 is 14.6 Å². The van der Waals surface area contributed by atoms with Crippen LogP contribution in [0.3, 0.4) is 0 Å². The third-order valence-corrected chi connectivity index (χ3v) is 3.86. The van der Waals surface area contributed by atoms with Crippen LogP contribution < -0.4 is 0 Å². The molecule has 1 aromatic rings. The molecular weight excluding hydrogens is 254 g/mol. The minimum absolute atomic E-state index is 0.0360. The average Bonchev–Trinajstić information content (AvgIpc) is 2.53. The Hall–Kier alpha value is -1.39. The minimum Gasteiger partial charge on any atom is -0.392 e. The van der Waals surface area contributed by atoms with E-state index in [1.807, 2.05) is 37.3 Å². The molecule has 20 heavy (non-hydrogen) atoms. The van der Waals surface area contributed by atoms with E-state index in [2.05, 4.69) is 0 Å². The first-order valence-corrected chi connectivity index (χ1v) is 7.27. The van der Waals surface area contributed by atoms with Gasteiger partial charge in [-0.1, -0.05) is 37.3 Å². The number of hydrogen-bond donors (Lipinski definition) is 1. The molecule has 1 saturated heterocycles. The number of amides is 1. The number of rotatable bonds is 5. The zero-order chi connectivity index (χ0) is 14.4. The second-order valence-electron chi connectivity index (χ2n) is 5.32. The summed E-state index contributed by atoms with van der Waals surface area (Å²) in [6, 6.07) is 10.0. The van der Waals surface area contributed by atoms with Gasteiger partial charge >= 0.3 is 0 Å².